The molecule has 3 N–H and O–H groups in total. The van der Waals surface area contributed by atoms with E-state index in [1.165, 1.54) is 6.92 Å². The smallest absolute Gasteiger partial charge is 0.321 e. The van der Waals surface area contributed by atoms with Crippen LogP contribution in [0.2, 0.25) is 0 Å². The van der Waals surface area contributed by atoms with Crippen molar-refractivity contribution in [3.63, 3.8) is 0 Å². The molecule has 0 saturated heterocycles. The zero-order valence-corrected chi connectivity index (χ0v) is 9.07. The Hall–Kier alpha value is -0.460. The highest BCUT2D eigenvalue weighted by Gasteiger charge is 2.23. The van der Waals surface area contributed by atoms with Gasteiger partial charge in [0.2, 0.25) is 0 Å². The van der Waals surface area contributed by atoms with Gasteiger partial charge in [-0.3, -0.25) is 9.12 Å². The van der Waals surface area contributed by atoms with Crippen LogP contribution in [0.3, 0.4) is 0 Å². The molecule has 0 fully saturated rings. The minimum Gasteiger partial charge on any atom is -0.321 e. The summed E-state index contributed by atoms with van der Waals surface area (Å²) in [6.07, 6.45) is 0.886. The summed E-state index contributed by atoms with van der Waals surface area (Å²) < 4.78 is 40.5. The Labute approximate surface area is 81.9 Å². The fourth-order valence-corrected chi connectivity index (χ4v) is 2.45. The molecular weight excluding hydrogens is 231 g/mol. The molecule has 6 nitrogen and oxygen atoms in total. The van der Waals surface area contributed by atoms with Crippen molar-refractivity contribution >= 4 is 17.7 Å². The van der Waals surface area contributed by atoms with E-state index < -0.39 is 23.0 Å². The first-order chi connectivity index (χ1) is 6.08. The van der Waals surface area contributed by atoms with Gasteiger partial charge in [0.15, 0.2) is 0 Å². The molecule has 14 heavy (non-hydrogen) atoms. The molecule has 0 aliphatic heterocycles. The van der Waals surface area contributed by atoms with Crippen LogP contribution in [-0.2, 0) is 14.7 Å². The largest absolute Gasteiger partial charge is 0.349 e. The maximum absolute atomic E-state index is 10.7. The molecule has 0 radical (unpaired) electrons. The maximum atomic E-state index is 10.7. The van der Waals surface area contributed by atoms with Crippen molar-refractivity contribution in [1.29, 1.82) is 0 Å². The molecule has 0 aliphatic carbocycles. The SMILES string of the molecule is C=CC(C(C)=CP(=O)(O)O)S(=O)(=O)O. The predicted molar refractivity (Wildman–Crippen MR) is 51.3 cm³/mol. The zero-order valence-electron chi connectivity index (χ0n) is 7.36. The average Bonchev–Trinajstić information content (AvgIpc) is 1.79. The quantitative estimate of drug-likeness (QED) is 0.376. The Morgan fingerprint density at radius 3 is 2.14 bits per heavy atom. The van der Waals surface area contributed by atoms with Crippen molar-refractivity contribution < 1.29 is 27.3 Å². The van der Waals surface area contributed by atoms with Crippen molar-refractivity contribution in [2.75, 3.05) is 0 Å². The van der Waals surface area contributed by atoms with Gasteiger partial charge in [0.25, 0.3) is 10.1 Å². The normalized spacial score (nSPS) is 16.4. The Kier molecular flexibility index (Phi) is 4.23. The molecule has 82 valence electrons. The first-order valence-corrected chi connectivity index (χ1v) is 6.60. The number of hydrogen-bond acceptors (Lipinski definition) is 3. The lowest BCUT2D eigenvalue weighted by Crippen LogP contribution is -2.18. The Balaban J connectivity index is 5.21. The monoisotopic (exact) mass is 242 g/mol. The Morgan fingerprint density at radius 2 is 1.93 bits per heavy atom. The fourth-order valence-electron chi connectivity index (χ4n) is 0.881. The van der Waals surface area contributed by atoms with E-state index in [1.54, 1.807) is 0 Å². The second kappa shape index (κ2) is 4.37. The summed E-state index contributed by atoms with van der Waals surface area (Å²) in [4.78, 5) is 17.0. The third-order valence-electron chi connectivity index (χ3n) is 1.36. The van der Waals surface area contributed by atoms with Gasteiger partial charge in [0.1, 0.15) is 5.25 Å². The zero-order chi connectivity index (χ0) is 11.6. The van der Waals surface area contributed by atoms with E-state index in [2.05, 4.69) is 6.58 Å². The Bertz CT molecular complexity index is 389. The first kappa shape index (κ1) is 13.5. The summed E-state index contributed by atoms with van der Waals surface area (Å²) >= 11 is 0. The van der Waals surface area contributed by atoms with E-state index >= 15 is 0 Å². The van der Waals surface area contributed by atoms with Crippen molar-refractivity contribution in [3.05, 3.63) is 24.0 Å². The van der Waals surface area contributed by atoms with Gasteiger partial charge >= 0.3 is 7.60 Å². The summed E-state index contributed by atoms with van der Waals surface area (Å²) in [5, 5.41) is -1.49. The topological polar surface area (TPSA) is 112 Å². The second-order valence-corrected chi connectivity index (χ2v) is 5.61. The summed E-state index contributed by atoms with van der Waals surface area (Å²) in [7, 11) is -8.86. The van der Waals surface area contributed by atoms with Gasteiger partial charge in [-0.05, 0) is 12.5 Å². The number of hydrogen-bond donors (Lipinski definition) is 3. The molecule has 0 heterocycles. The molecular formula is C6H11O6PS. The molecule has 0 bridgehead atoms. The van der Waals surface area contributed by atoms with E-state index in [9.17, 15) is 13.0 Å². The lowest BCUT2D eigenvalue weighted by atomic mass is 10.2. The maximum Gasteiger partial charge on any atom is 0.349 e. The van der Waals surface area contributed by atoms with Crippen LogP contribution in [0, 0.1) is 0 Å². The average molecular weight is 242 g/mol. The van der Waals surface area contributed by atoms with Crippen molar-refractivity contribution in [1.82, 2.24) is 0 Å². The Morgan fingerprint density at radius 1 is 1.50 bits per heavy atom. The highest BCUT2D eigenvalue weighted by Crippen LogP contribution is 2.38. The van der Waals surface area contributed by atoms with Crippen LogP contribution >= 0.6 is 7.60 Å². The van der Waals surface area contributed by atoms with Crippen LogP contribution < -0.4 is 0 Å². The second-order valence-electron chi connectivity index (χ2n) is 2.63. The van der Waals surface area contributed by atoms with E-state index in [1.807, 2.05) is 0 Å². The molecule has 1 unspecified atom stereocenters. The van der Waals surface area contributed by atoms with E-state index in [0.29, 0.717) is 5.82 Å². The molecule has 0 amide bonds. The van der Waals surface area contributed by atoms with Gasteiger partial charge in [-0.1, -0.05) is 6.08 Å². The van der Waals surface area contributed by atoms with Crippen LogP contribution in [0.5, 0.6) is 0 Å². The molecule has 0 aromatic heterocycles. The minimum atomic E-state index is -4.44. The van der Waals surface area contributed by atoms with Gasteiger partial charge in [-0.15, -0.1) is 6.58 Å². The first-order valence-electron chi connectivity index (χ1n) is 3.41. The molecule has 1 atom stereocenters. The van der Waals surface area contributed by atoms with Gasteiger partial charge in [0, 0.05) is 5.82 Å². The third-order valence-corrected chi connectivity index (χ3v) is 3.31. The lowest BCUT2D eigenvalue weighted by molar-refractivity contribution is 0.386. The molecule has 8 heteroatoms. The van der Waals surface area contributed by atoms with Crippen LogP contribution in [0.4, 0.5) is 0 Å². The fraction of sp³-hybridized carbons (Fsp3) is 0.333. The highest BCUT2D eigenvalue weighted by molar-refractivity contribution is 7.86. The molecule has 0 spiro atoms. The van der Waals surface area contributed by atoms with Crippen LogP contribution in [-0.4, -0.2) is 28.0 Å². The lowest BCUT2D eigenvalue weighted by Gasteiger charge is -2.09. The summed E-state index contributed by atoms with van der Waals surface area (Å²) in [5.74, 6) is 0.479. The van der Waals surface area contributed by atoms with E-state index in [-0.39, 0.29) is 5.57 Å². The van der Waals surface area contributed by atoms with Crippen molar-refractivity contribution in [2.24, 2.45) is 0 Å². The summed E-state index contributed by atoms with van der Waals surface area (Å²) in [6.45, 7) is 4.33. The highest BCUT2D eigenvalue weighted by atomic mass is 32.2. The van der Waals surface area contributed by atoms with Gasteiger partial charge < -0.3 is 9.79 Å². The van der Waals surface area contributed by atoms with E-state index in [4.69, 9.17) is 14.3 Å². The summed E-state index contributed by atoms with van der Waals surface area (Å²) in [6, 6.07) is 0. The van der Waals surface area contributed by atoms with E-state index in [0.717, 1.165) is 6.08 Å². The van der Waals surface area contributed by atoms with Crippen LogP contribution in [0.15, 0.2) is 24.0 Å². The van der Waals surface area contributed by atoms with Gasteiger partial charge in [-0.2, -0.15) is 8.42 Å². The minimum absolute atomic E-state index is 0.171. The number of rotatable bonds is 4. The molecule has 0 aliphatic rings. The predicted octanol–water partition coefficient (Wildman–Crippen LogP) is 0.510. The van der Waals surface area contributed by atoms with Crippen molar-refractivity contribution in [2.45, 2.75) is 12.2 Å². The standard InChI is InChI=1S/C6H11O6PS/c1-3-6(14(10,11)12)5(2)4-13(7,8)9/h3-4,6H,1H2,2H3,(H2,7,8,9)(H,10,11,12). The molecule has 0 saturated carbocycles. The molecule has 0 aromatic carbocycles. The third kappa shape index (κ3) is 4.69. The van der Waals surface area contributed by atoms with Crippen LogP contribution in [0.25, 0.3) is 0 Å². The van der Waals surface area contributed by atoms with Gasteiger partial charge in [0.05, 0.1) is 0 Å². The summed E-state index contributed by atoms with van der Waals surface area (Å²) in [5.41, 5.74) is -0.171. The van der Waals surface area contributed by atoms with Gasteiger partial charge in [-0.25, -0.2) is 0 Å². The molecule has 0 rings (SSSR count). The molecule has 0 aromatic rings. The van der Waals surface area contributed by atoms with Crippen molar-refractivity contribution in [3.8, 4) is 0 Å². The van der Waals surface area contributed by atoms with Crippen LogP contribution in [0.1, 0.15) is 6.92 Å².